The zero-order chi connectivity index (χ0) is 27.1. The minimum Gasteiger partial charge on any atom is -0.493 e. The molecule has 0 aliphatic heterocycles. The number of non-ortho nitro benzene ring substituents is 1. The Morgan fingerprint density at radius 1 is 0.892 bits per heavy atom. The maximum Gasteiger partial charge on any atom is 0.318 e. The number of carbonyl (C=O) groups excluding carboxylic acids is 1. The summed E-state index contributed by atoms with van der Waals surface area (Å²) < 4.78 is 21.7. The molecule has 37 heavy (non-hydrogen) atoms. The fourth-order valence-electron chi connectivity index (χ4n) is 3.08. The average Bonchev–Trinajstić information content (AvgIpc) is 2.89. The summed E-state index contributed by atoms with van der Waals surface area (Å²) >= 11 is 3.32. The van der Waals surface area contributed by atoms with E-state index in [2.05, 4.69) is 26.5 Å². The van der Waals surface area contributed by atoms with E-state index in [9.17, 15) is 25.0 Å². The number of rotatable bonds is 10. The molecule has 0 heterocycles. The van der Waals surface area contributed by atoms with Crippen LogP contribution in [-0.2, 0) is 0 Å². The molecule has 192 valence electrons. The molecule has 0 fully saturated rings. The third kappa shape index (κ3) is 6.29. The number of nitro groups is 2. The van der Waals surface area contributed by atoms with E-state index in [1.165, 1.54) is 39.7 Å². The Morgan fingerprint density at radius 3 is 2.19 bits per heavy atom. The van der Waals surface area contributed by atoms with E-state index in [1.54, 1.807) is 18.2 Å². The molecule has 14 heteroatoms. The fraction of sp³-hybridized carbons (Fsp3) is 0.130. The molecule has 0 aromatic heterocycles. The second-order valence-corrected chi connectivity index (χ2v) is 7.93. The number of methoxy groups -OCH3 is 3. The third-order valence-electron chi connectivity index (χ3n) is 4.84. The van der Waals surface area contributed by atoms with Gasteiger partial charge in [-0.1, -0.05) is 0 Å². The smallest absolute Gasteiger partial charge is 0.318 e. The van der Waals surface area contributed by atoms with Crippen LogP contribution < -0.4 is 24.4 Å². The van der Waals surface area contributed by atoms with Gasteiger partial charge in [0.2, 0.25) is 5.75 Å². The van der Waals surface area contributed by atoms with Crippen molar-refractivity contribution in [2.45, 2.75) is 0 Å². The van der Waals surface area contributed by atoms with Crippen LogP contribution in [-0.4, -0.2) is 43.3 Å². The van der Waals surface area contributed by atoms with Crippen molar-refractivity contribution < 1.29 is 33.6 Å². The predicted octanol–water partition coefficient (Wildman–Crippen LogP) is 4.85. The molecule has 3 aromatic rings. The Hall–Kier alpha value is -4.72. The highest BCUT2D eigenvalue weighted by Crippen LogP contribution is 2.42. The molecular weight excluding hydrogens is 556 g/mol. The van der Waals surface area contributed by atoms with E-state index >= 15 is 0 Å². The number of nitro benzene ring substituents is 2. The first kappa shape index (κ1) is 26.9. The molecule has 0 bridgehead atoms. The molecule has 0 saturated carbocycles. The highest BCUT2D eigenvalue weighted by atomic mass is 79.9. The van der Waals surface area contributed by atoms with Crippen LogP contribution in [0.5, 0.6) is 28.7 Å². The predicted molar refractivity (Wildman–Crippen MR) is 135 cm³/mol. The summed E-state index contributed by atoms with van der Waals surface area (Å²) in [4.78, 5) is 33.3. The summed E-state index contributed by atoms with van der Waals surface area (Å²) in [5, 5.41) is 26.3. The summed E-state index contributed by atoms with van der Waals surface area (Å²) in [7, 11) is 4.30. The zero-order valence-electron chi connectivity index (χ0n) is 19.6. The molecule has 3 rings (SSSR count). The number of benzene rings is 3. The summed E-state index contributed by atoms with van der Waals surface area (Å²) in [6.45, 7) is 0. The number of hydrogen-bond acceptors (Lipinski definition) is 10. The minimum absolute atomic E-state index is 0.0889. The zero-order valence-corrected chi connectivity index (χ0v) is 21.2. The first-order chi connectivity index (χ1) is 17.7. The van der Waals surface area contributed by atoms with E-state index in [1.807, 2.05) is 0 Å². The van der Waals surface area contributed by atoms with E-state index in [0.29, 0.717) is 27.1 Å². The molecule has 0 spiro atoms. The highest BCUT2D eigenvalue weighted by Gasteiger charge is 2.23. The van der Waals surface area contributed by atoms with E-state index in [0.717, 1.165) is 18.2 Å². The summed E-state index contributed by atoms with van der Waals surface area (Å²) in [5.41, 5.74) is 2.14. The average molecular weight is 575 g/mol. The van der Waals surface area contributed by atoms with Crippen LogP contribution in [0.2, 0.25) is 0 Å². The lowest BCUT2D eigenvalue weighted by molar-refractivity contribution is -0.394. The van der Waals surface area contributed by atoms with Crippen LogP contribution in [0.1, 0.15) is 15.9 Å². The largest absolute Gasteiger partial charge is 0.493 e. The third-order valence-corrected chi connectivity index (χ3v) is 5.43. The van der Waals surface area contributed by atoms with Gasteiger partial charge in [-0.15, -0.1) is 0 Å². The lowest BCUT2D eigenvalue weighted by atomic mass is 10.2. The van der Waals surface area contributed by atoms with Crippen molar-refractivity contribution in [3.05, 3.63) is 84.4 Å². The lowest BCUT2D eigenvalue weighted by Crippen LogP contribution is -2.17. The van der Waals surface area contributed by atoms with Crippen molar-refractivity contribution in [1.82, 2.24) is 5.43 Å². The first-order valence-corrected chi connectivity index (χ1v) is 11.0. The van der Waals surface area contributed by atoms with Crippen molar-refractivity contribution in [3.63, 3.8) is 0 Å². The number of carbonyl (C=O) groups is 1. The van der Waals surface area contributed by atoms with Gasteiger partial charge in [-0.2, -0.15) is 5.10 Å². The maximum absolute atomic E-state index is 12.4. The van der Waals surface area contributed by atoms with Crippen LogP contribution in [0.4, 0.5) is 11.4 Å². The minimum atomic E-state index is -0.787. The second-order valence-electron chi connectivity index (χ2n) is 7.07. The Balaban J connectivity index is 1.82. The normalized spacial score (nSPS) is 10.6. The monoisotopic (exact) mass is 574 g/mol. The Morgan fingerprint density at radius 2 is 1.57 bits per heavy atom. The standard InChI is InChI=1S/C23H19BrN4O9/c1-34-19-6-4-14(10-20(19)35-2)23(29)26-25-12-13-8-16(24)22(21(9-13)36-3)37-18-7-5-15(27(30)31)11-17(18)28(32)33/h4-12H,1-3H3,(H,26,29)/b25-12+. The molecule has 0 radical (unpaired) electrons. The topological polar surface area (TPSA) is 165 Å². The van der Waals surface area contributed by atoms with Crippen molar-refractivity contribution in [2.75, 3.05) is 21.3 Å². The molecule has 0 unspecified atom stereocenters. The van der Waals surface area contributed by atoms with Gasteiger partial charge in [0.05, 0.1) is 47.9 Å². The van der Waals surface area contributed by atoms with Crippen molar-refractivity contribution >= 4 is 39.4 Å². The number of halogens is 1. The van der Waals surface area contributed by atoms with Crippen molar-refractivity contribution in [1.29, 1.82) is 0 Å². The molecule has 1 N–H and O–H groups in total. The summed E-state index contributed by atoms with van der Waals surface area (Å²) in [6, 6.07) is 10.8. The van der Waals surface area contributed by atoms with E-state index < -0.39 is 27.1 Å². The molecule has 3 aromatic carbocycles. The first-order valence-electron chi connectivity index (χ1n) is 10.2. The number of nitrogens with one attached hydrogen (secondary N) is 1. The van der Waals surface area contributed by atoms with E-state index in [4.69, 9.17) is 18.9 Å². The molecule has 0 aliphatic carbocycles. The Bertz CT molecular complexity index is 1390. The molecule has 0 saturated heterocycles. The molecule has 1 amide bonds. The number of ether oxygens (including phenoxy) is 4. The van der Waals surface area contributed by atoms with Crippen LogP contribution in [0, 0.1) is 20.2 Å². The quantitative estimate of drug-likeness (QED) is 0.202. The van der Waals surface area contributed by atoms with Crippen LogP contribution in [0.3, 0.4) is 0 Å². The lowest BCUT2D eigenvalue weighted by Gasteiger charge is -2.13. The highest BCUT2D eigenvalue weighted by molar-refractivity contribution is 9.10. The van der Waals surface area contributed by atoms with Gasteiger partial charge in [-0.05, 0) is 57.9 Å². The summed E-state index contributed by atoms with van der Waals surface area (Å²) in [5.74, 6) is 0.407. The molecular formula is C23H19BrN4O9. The van der Waals surface area contributed by atoms with Crippen molar-refractivity contribution in [2.24, 2.45) is 5.10 Å². The van der Waals surface area contributed by atoms with Gasteiger partial charge in [0.1, 0.15) is 0 Å². The van der Waals surface area contributed by atoms with Gasteiger partial charge < -0.3 is 18.9 Å². The SMILES string of the molecule is COc1ccc(C(=O)N/N=C/c2cc(Br)c(Oc3ccc([N+](=O)[O-])cc3[N+](=O)[O-])c(OC)c2)cc1OC. The number of nitrogens with zero attached hydrogens (tertiary/aromatic N) is 3. The van der Waals surface area contributed by atoms with Crippen LogP contribution in [0.25, 0.3) is 0 Å². The maximum atomic E-state index is 12.4. The molecule has 0 aliphatic rings. The van der Waals surface area contributed by atoms with Gasteiger partial charge in [-0.3, -0.25) is 25.0 Å². The summed E-state index contributed by atoms with van der Waals surface area (Å²) in [6.07, 6.45) is 1.35. The Kier molecular flexibility index (Phi) is 8.58. The van der Waals surface area contributed by atoms with E-state index in [-0.39, 0.29) is 17.2 Å². The van der Waals surface area contributed by atoms with Gasteiger partial charge >= 0.3 is 5.69 Å². The van der Waals surface area contributed by atoms with Crippen LogP contribution in [0.15, 0.2) is 58.1 Å². The number of hydrogen-bond donors (Lipinski definition) is 1. The van der Waals surface area contributed by atoms with Crippen molar-refractivity contribution in [3.8, 4) is 28.7 Å². The second kappa shape index (κ2) is 11.8. The molecule has 0 atom stereocenters. The Labute approximate surface area is 218 Å². The fourth-order valence-corrected chi connectivity index (χ4v) is 3.62. The number of hydrazone groups is 1. The van der Waals surface area contributed by atoms with Crippen LogP contribution >= 0.6 is 15.9 Å². The number of amides is 1. The molecule has 13 nitrogen and oxygen atoms in total. The van der Waals surface area contributed by atoms with Gasteiger partial charge in [-0.25, -0.2) is 5.43 Å². The van der Waals surface area contributed by atoms with Gasteiger partial charge in [0.15, 0.2) is 23.0 Å². The van der Waals surface area contributed by atoms with Gasteiger partial charge in [0.25, 0.3) is 11.6 Å². The van der Waals surface area contributed by atoms with Gasteiger partial charge in [0, 0.05) is 11.6 Å².